The highest BCUT2D eigenvalue weighted by Crippen LogP contribution is 2.36. The number of carboxylic acids is 1. The van der Waals surface area contributed by atoms with E-state index in [1.165, 1.54) is 6.92 Å². The Labute approximate surface area is 102 Å². The van der Waals surface area contributed by atoms with Crippen molar-refractivity contribution in [3.63, 3.8) is 0 Å². The fourth-order valence-electron chi connectivity index (χ4n) is 2.16. The lowest BCUT2D eigenvalue weighted by Gasteiger charge is -2.46. The molecule has 1 fully saturated rings. The smallest absolute Gasteiger partial charge is 0.303 e. The first-order valence-electron chi connectivity index (χ1n) is 5.86. The van der Waals surface area contributed by atoms with Crippen LogP contribution >= 0.6 is 0 Å². The van der Waals surface area contributed by atoms with Crippen molar-refractivity contribution in [1.82, 2.24) is 5.32 Å². The summed E-state index contributed by atoms with van der Waals surface area (Å²) in [6.07, 6.45) is 0.642. The Morgan fingerprint density at radius 2 is 2.00 bits per heavy atom. The van der Waals surface area contributed by atoms with Gasteiger partial charge < -0.3 is 15.2 Å². The maximum atomic E-state index is 11.0. The summed E-state index contributed by atoms with van der Waals surface area (Å²) >= 11 is 0. The molecule has 17 heavy (non-hydrogen) atoms. The van der Waals surface area contributed by atoms with Gasteiger partial charge in [-0.3, -0.25) is 9.59 Å². The van der Waals surface area contributed by atoms with Crippen LogP contribution in [0.3, 0.4) is 0 Å². The maximum absolute atomic E-state index is 11.0. The van der Waals surface area contributed by atoms with Gasteiger partial charge in [-0.05, 0) is 27.2 Å². The molecule has 1 amide bonds. The largest absolute Gasteiger partial charge is 0.481 e. The number of rotatable bonds is 4. The topological polar surface area (TPSA) is 75.6 Å². The van der Waals surface area contributed by atoms with Crippen molar-refractivity contribution in [3.8, 4) is 0 Å². The summed E-state index contributed by atoms with van der Waals surface area (Å²) in [4.78, 5) is 21.7. The second-order valence-corrected chi connectivity index (χ2v) is 5.57. The lowest BCUT2D eigenvalue weighted by Crippen LogP contribution is -2.57. The minimum absolute atomic E-state index is 0.0334. The predicted octanol–water partition coefficient (Wildman–Crippen LogP) is 1.17. The van der Waals surface area contributed by atoms with Crippen LogP contribution in [0.25, 0.3) is 0 Å². The van der Waals surface area contributed by atoms with Crippen LogP contribution in [0.5, 0.6) is 0 Å². The molecule has 0 radical (unpaired) electrons. The third-order valence-electron chi connectivity index (χ3n) is 2.78. The molecular weight excluding hydrogens is 222 g/mol. The van der Waals surface area contributed by atoms with Gasteiger partial charge in [0.25, 0.3) is 0 Å². The second-order valence-electron chi connectivity index (χ2n) is 5.57. The lowest BCUT2D eigenvalue weighted by atomic mass is 9.74. The Hall–Kier alpha value is -1.10. The van der Waals surface area contributed by atoms with Gasteiger partial charge in [-0.2, -0.15) is 0 Å². The normalized spacial score (nSPS) is 28.4. The minimum Gasteiger partial charge on any atom is -0.481 e. The average molecular weight is 243 g/mol. The van der Waals surface area contributed by atoms with Crippen molar-refractivity contribution < 1.29 is 19.4 Å². The Balaban J connectivity index is 2.57. The highest BCUT2D eigenvalue weighted by Gasteiger charge is 2.44. The molecule has 3 atom stereocenters. The van der Waals surface area contributed by atoms with Crippen LogP contribution < -0.4 is 5.32 Å². The van der Waals surface area contributed by atoms with Crippen LogP contribution in [-0.4, -0.2) is 34.7 Å². The molecule has 0 aromatic rings. The molecule has 3 unspecified atom stereocenters. The molecule has 0 aliphatic heterocycles. The van der Waals surface area contributed by atoms with Gasteiger partial charge >= 0.3 is 5.97 Å². The number of aliphatic carboxylic acids is 1. The minimum atomic E-state index is -0.854. The van der Waals surface area contributed by atoms with E-state index in [1.807, 2.05) is 20.8 Å². The average Bonchev–Trinajstić information content (AvgIpc) is 2.10. The first-order valence-corrected chi connectivity index (χ1v) is 5.86. The van der Waals surface area contributed by atoms with Gasteiger partial charge in [0.05, 0.1) is 18.1 Å². The lowest BCUT2D eigenvalue weighted by molar-refractivity contribution is -0.159. The molecule has 0 bridgehead atoms. The van der Waals surface area contributed by atoms with Crippen molar-refractivity contribution in [2.24, 2.45) is 5.92 Å². The Morgan fingerprint density at radius 1 is 1.41 bits per heavy atom. The quantitative estimate of drug-likeness (QED) is 0.777. The molecule has 0 saturated heterocycles. The van der Waals surface area contributed by atoms with Crippen molar-refractivity contribution in [3.05, 3.63) is 0 Å². The van der Waals surface area contributed by atoms with E-state index in [0.29, 0.717) is 6.42 Å². The van der Waals surface area contributed by atoms with E-state index in [-0.39, 0.29) is 36.0 Å². The van der Waals surface area contributed by atoms with Gasteiger partial charge in [0, 0.05) is 18.9 Å². The van der Waals surface area contributed by atoms with Crippen LogP contribution in [-0.2, 0) is 14.3 Å². The summed E-state index contributed by atoms with van der Waals surface area (Å²) < 4.78 is 5.78. The highest BCUT2D eigenvalue weighted by molar-refractivity contribution is 5.74. The number of hydrogen-bond acceptors (Lipinski definition) is 3. The molecule has 5 nitrogen and oxygen atoms in total. The Morgan fingerprint density at radius 3 is 2.41 bits per heavy atom. The van der Waals surface area contributed by atoms with E-state index in [4.69, 9.17) is 9.84 Å². The summed E-state index contributed by atoms with van der Waals surface area (Å²) in [5, 5.41) is 11.6. The highest BCUT2D eigenvalue weighted by atomic mass is 16.5. The van der Waals surface area contributed by atoms with Crippen LogP contribution in [0.1, 0.15) is 40.5 Å². The summed E-state index contributed by atoms with van der Waals surface area (Å²) in [5.41, 5.74) is -0.289. The zero-order valence-electron chi connectivity index (χ0n) is 10.8. The number of hydrogen-bond donors (Lipinski definition) is 2. The van der Waals surface area contributed by atoms with Crippen LogP contribution in [0.2, 0.25) is 0 Å². The number of carbonyl (C=O) groups excluding carboxylic acids is 1. The predicted molar refractivity (Wildman–Crippen MR) is 62.6 cm³/mol. The summed E-state index contributed by atoms with van der Waals surface area (Å²) in [7, 11) is 0. The third kappa shape index (κ3) is 4.34. The number of ether oxygens (including phenoxy) is 1. The van der Waals surface area contributed by atoms with E-state index in [1.54, 1.807) is 0 Å². The molecule has 98 valence electrons. The first kappa shape index (κ1) is 14.0. The van der Waals surface area contributed by atoms with Gasteiger partial charge in [0.15, 0.2) is 0 Å². The molecule has 1 aliphatic carbocycles. The molecule has 5 heteroatoms. The van der Waals surface area contributed by atoms with Crippen molar-refractivity contribution in [2.45, 2.75) is 58.3 Å². The Bertz CT molecular complexity index is 308. The van der Waals surface area contributed by atoms with E-state index in [2.05, 4.69) is 5.32 Å². The van der Waals surface area contributed by atoms with Crippen LogP contribution in [0, 0.1) is 5.92 Å². The van der Waals surface area contributed by atoms with Gasteiger partial charge in [-0.15, -0.1) is 0 Å². The van der Waals surface area contributed by atoms with E-state index in [0.717, 1.165) is 0 Å². The van der Waals surface area contributed by atoms with Crippen molar-refractivity contribution in [1.29, 1.82) is 0 Å². The first-order chi connectivity index (χ1) is 7.69. The fourth-order valence-corrected chi connectivity index (χ4v) is 2.16. The van der Waals surface area contributed by atoms with Crippen molar-refractivity contribution >= 4 is 11.9 Å². The van der Waals surface area contributed by atoms with E-state index in [9.17, 15) is 9.59 Å². The van der Waals surface area contributed by atoms with Gasteiger partial charge in [0.2, 0.25) is 5.91 Å². The third-order valence-corrected chi connectivity index (χ3v) is 2.78. The van der Waals surface area contributed by atoms with Crippen molar-refractivity contribution in [2.75, 3.05) is 0 Å². The molecule has 1 saturated carbocycles. The number of carboxylic acid groups (broad SMARTS) is 1. The zero-order chi connectivity index (χ0) is 13.2. The molecule has 1 aliphatic rings. The number of amides is 1. The van der Waals surface area contributed by atoms with Gasteiger partial charge in [-0.25, -0.2) is 0 Å². The molecule has 0 spiro atoms. The molecule has 0 aromatic heterocycles. The fraction of sp³-hybridized carbons (Fsp3) is 0.833. The molecule has 2 N–H and O–H groups in total. The van der Waals surface area contributed by atoms with Crippen LogP contribution in [0.4, 0.5) is 0 Å². The van der Waals surface area contributed by atoms with Gasteiger partial charge in [-0.1, -0.05) is 0 Å². The molecule has 0 heterocycles. The number of nitrogens with one attached hydrogen (secondary N) is 1. The van der Waals surface area contributed by atoms with Crippen LogP contribution in [0.15, 0.2) is 0 Å². The SMILES string of the molecule is CC(=O)NC1CC(OC(C)(C)C)C1CC(=O)O. The standard InChI is InChI=1S/C12H21NO4/c1-7(14)13-9-6-10(17-12(2,3)4)8(9)5-11(15)16/h8-10H,5-6H2,1-4H3,(H,13,14)(H,15,16). The monoisotopic (exact) mass is 243 g/mol. The van der Waals surface area contributed by atoms with E-state index < -0.39 is 5.97 Å². The molecule has 0 aromatic carbocycles. The summed E-state index contributed by atoms with van der Waals surface area (Å²) in [6, 6.07) is -0.0732. The van der Waals surface area contributed by atoms with Gasteiger partial charge in [0.1, 0.15) is 0 Å². The molecule has 1 rings (SSSR count). The summed E-state index contributed by atoms with van der Waals surface area (Å²) in [5.74, 6) is -1.11. The number of carbonyl (C=O) groups is 2. The van der Waals surface area contributed by atoms with E-state index >= 15 is 0 Å². The summed E-state index contributed by atoms with van der Waals surface area (Å²) in [6.45, 7) is 7.26. The zero-order valence-corrected chi connectivity index (χ0v) is 10.8. The second kappa shape index (κ2) is 5.04. The molecular formula is C12H21NO4. The Kier molecular flexibility index (Phi) is 4.14. The maximum Gasteiger partial charge on any atom is 0.303 e.